The highest BCUT2D eigenvalue weighted by molar-refractivity contribution is 5.97. The van der Waals surface area contributed by atoms with Crippen LogP contribution in [0.1, 0.15) is 63.4 Å². The van der Waals surface area contributed by atoms with Crippen LogP contribution in [-0.2, 0) is 10.2 Å². The van der Waals surface area contributed by atoms with E-state index in [1.807, 2.05) is 69.3 Å². The zero-order chi connectivity index (χ0) is 27.3. The van der Waals surface area contributed by atoms with E-state index < -0.39 is 0 Å². The normalized spacial score (nSPS) is 11.5. The first-order valence-corrected chi connectivity index (χ1v) is 12.9. The Morgan fingerprint density at radius 2 is 1.68 bits per heavy atom. The van der Waals surface area contributed by atoms with Gasteiger partial charge in [0.15, 0.2) is 0 Å². The van der Waals surface area contributed by atoms with E-state index in [1.165, 1.54) is 0 Å². The van der Waals surface area contributed by atoms with Gasteiger partial charge < -0.3 is 15.5 Å². The molecular weight excluding hydrogens is 462 g/mol. The first kappa shape index (κ1) is 28.0. The van der Waals surface area contributed by atoms with Crippen molar-refractivity contribution in [1.29, 1.82) is 0 Å². The molecule has 0 saturated carbocycles. The van der Waals surface area contributed by atoms with Crippen molar-refractivity contribution in [2.45, 2.75) is 67.2 Å². The van der Waals surface area contributed by atoms with Crippen LogP contribution in [0.3, 0.4) is 0 Å². The standard InChI is InChI=1S/C30H41N5O2/c1-20(2)15-16-34(29(37)31-24-14-13-21(3)17-23(24)5)19-28(36)32-27-18-26(30(6,7)8)33-35(27)25-12-10-9-11-22(25)4/h9-14,17-18,20H,15-16,19H2,1-8H3,(H,31,37)(H,32,36). The van der Waals surface area contributed by atoms with Crippen molar-refractivity contribution in [2.75, 3.05) is 23.7 Å². The molecule has 3 aromatic rings. The summed E-state index contributed by atoms with van der Waals surface area (Å²) in [6.45, 7) is 16.9. The summed E-state index contributed by atoms with van der Waals surface area (Å²) in [4.78, 5) is 28.1. The second-order valence-electron chi connectivity index (χ2n) is 11.3. The number of carbonyl (C=O) groups is 2. The van der Waals surface area contributed by atoms with E-state index in [0.717, 1.165) is 40.2 Å². The fourth-order valence-electron chi connectivity index (χ4n) is 3.99. The third-order valence-electron chi connectivity index (χ3n) is 6.31. The number of aryl methyl sites for hydroxylation is 3. The van der Waals surface area contributed by atoms with Crippen molar-refractivity contribution < 1.29 is 9.59 Å². The van der Waals surface area contributed by atoms with Crippen LogP contribution in [0.2, 0.25) is 0 Å². The number of para-hydroxylation sites is 1. The molecule has 7 nitrogen and oxygen atoms in total. The number of amides is 3. The molecule has 0 spiro atoms. The van der Waals surface area contributed by atoms with Crippen molar-refractivity contribution >= 4 is 23.4 Å². The molecule has 2 aromatic carbocycles. The van der Waals surface area contributed by atoms with E-state index in [9.17, 15) is 9.59 Å². The van der Waals surface area contributed by atoms with Crippen LogP contribution in [0.4, 0.5) is 16.3 Å². The predicted molar refractivity (Wildman–Crippen MR) is 152 cm³/mol. The van der Waals surface area contributed by atoms with Gasteiger partial charge in [-0.1, -0.05) is 70.5 Å². The Hall–Kier alpha value is -3.61. The maximum Gasteiger partial charge on any atom is 0.322 e. The predicted octanol–water partition coefficient (Wildman–Crippen LogP) is 6.61. The van der Waals surface area contributed by atoms with Gasteiger partial charge in [0.25, 0.3) is 0 Å². The Kier molecular flexibility index (Phi) is 8.79. The highest BCUT2D eigenvalue weighted by atomic mass is 16.2. The number of hydrogen-bond donors (Lipinski definition) is 2. The number of anilines is 2. The third kappa shape index (κ3) is 7.44. The molecule has 3 amide bonds. The fourth-order valence-corrected chi connectivity index (χ4v) is 3.99. The average molecular weight is 504 g/mol. The Balaban J connectivity index is 1.84. The molecule has 1 aromatic heterocycles. The van der Waals surface area contributed by atoms with Crippen LogP contribution in [0.15, 0.2) is 48.5 Å². The molecule has 0 aliphatic heterocycles. The molecule has 0 aliphatic carbocycles. The number of carbonyl (C=O) groups excluding carboxylic acids is 2. The SMILES string of the molecule is Cc1ccc(NC(=O)N(CCC(C)C)CC(=O)Nc2cc(C(C)(C)C)nn2-c2ccccc2C)c(C)c1. The van der Waals surface area contributed by atoms with E-state index in [0.29, 0.717) is 18.3 Å². The van der Waals surface area contributed by atoms with Crippen LogP contribution < -0.4 is 10.6 Å². The molecule has 198 valence electrons. The summed E-state index contributed by atoms with van der Waals surface area (Å²) in [5.74, 6) is 0.717. The van der Waals surface area contributed by atoms with Gasteiger partial charge in [-0.15, -0.1) is 0 Å². The van der Waals surface area contributed by atoms with E-state index in [1.54, 1.807) is 9.58 Å². The molecule has 0 atom stereocenters. The summed E-state index contributed by atoms with van der Waals surface area (Å²) in [7, 11) is 0. The lowest BCUT2D eigenvalue weighted by molar-refractivity contribution is -0.116. The molecule has 0 unspecified atom stereocenters. The van der Waals surface area contributed by atoms with Crippen molar-refractivity contribution in [3.63, 3.8) is 0 Å². The van der Waals surface area contributed by atoms with Gasteiger partial charge in [0, 0.05) is 23.7 Å². The van der Waals surface area contributed by atoms with Crippen molar-refractivity contribution in [1.82, 2.24) is 14.7 Å². The van der Waals surface area contributed by atoms with E-state index in [2.05, 4.69) is 45.3 Å². The summed E-state index contributed by atoms with van der Waals surface area (Å²) in [5.41, 5.74) is 5.49. The molecule has 0 aliphatic rings. The summed E-state index contributed by atoms with van der Waals surface area (Å²) < 4.78 is 1.78. The number of benzene rings is 2. The maximum absolute atomic E-state index is 13.3. The van der Waals surface area contributed by atoms with Crippen LogP contribution >= 0.6 is 0 Å². The quantitative estimate of drug-likeness (QED) is 0.363. The number of urea groups is 1. The second kappa shape index (κ2) is 11.6. The molecule has 3 rings (SSSR count). The molecule has 0 saturated heterocycles. The number of aromatic nitrogens is 2. The minimum Gasteiger partial charge on any atom is -0.315 e. The molecule has 37 heavy (non-hydrogen) atoms. The summed E-state index contributed by atoms with van der Waals surface area (Å²) in [5, 5.41) is 10.8. The molecule has 0 radical (unpaired) electrons. The van der Waals surface area contributed by atoms with Crippen molar-refractivity contribution in [3.05, 3.63) is 70.9 Å². The summed E-state index contributed by atoms with van der Waals surface area (Å²) in [6, 6.07) is 15.5. The van der Waals surface area contributed by atoms with Crippen LogP contribution in [-0.4, -0.2) is 39.7 Å². The highest BCUT2D eigenvalue weighted by Crippen LogP contribution is 2.27. The van der Waals surface area contributed by atoms with Gasteiger partial charge in [-0.05, 0) is 56.4 Å². The van der Waals surface area contributed by atoms with Crippen LogP contribution in [0.25, 0.3) is 5.69 Å². The Bertz CT molecular complexity index is 1250. The van der Waals surface area contributed by atoms with Gasteiger partial charge >= 0.3 is 6.03 Å². The van der Waals surface area contributed by atoms with Gasteiger partial charge in [0.2, 0.25) is 5.91 Å². The highest BCUT2D eigenvalue weighted by Gasteiger charge is 2.24. The van der Waals surface area contributed by atoms with Gasteiger partial charge in [0.1, 0.15) is 12.4 Å². The first-order chi connectivity index (χ1) is 17.3. The lowest BCUT2D eigenvalue weighted by atomic mass is 9.92. The van der Waals surface area contributed by atoms with E-state index in [4.69, 9.17) is 5.10 Å². The lowest BCUT2D eigenvalue weighted by Crippen LogP contribution is -2.41. The molecule has 0 fully saturated rings. The minimum absolute atomic E-state index is 0.0622. The largest absolute Gasteiger partial charge is 0.322 e. The summed E-state index contributed by atoms with van der Waals surface area (Å²) >= 11 is 0. The molecule has 7 heteroatoms. The topological polar surface area (TPSA) is 79.3 Å². The first-order valence-electron chi connectivity index (χ1n) is 12.9. The van der Waals surface area contributed by atoms with Gasteiger partial charge in [-0.25, -0.2) is 9.48 Å². The van der Waals surface area contributed by atoms with E-state index >= 15 is 0 Å². The zero-order valence-corrected chi connectivity index (χ0v) is 23.5. The van der Waals surface area contributed by atoms with E-state index in [-0.39, 0.29) is 23.9 Å². The van der Waals surface area contributed by atoms with Gasteiger partial charge in [0.05, 0.1) is 11.4 Å². The molecule has 2 N–H and O–H groups in total. The van der Waals surface area contributed by atoms with Gasteiger partial charge in [-0.2, -0.15) is 5.10 Å². The number of hydrogen-bond acceptors (Lipinski definition) is 3. The minimum atomic E-state index is -0.287. The third-order valence-corrected chi connectivity index (χ3v) is 6.31. The van der Waals surface area contributed by atoms with Crippen LogP contribution in [0, 0.1) is 26.7 Å². The monoisotopic (exact) mass is 503 g/mol. The molecule has 1 heterocycles. The number of nitrogens with one attached hydrogen (secondary N) is 2. The summed E-state index contributed by atoms with van der Waals surface area (Å²) in [6.07, 6.45) is 0.795. The smallest absolute Gasteiger partial charge is 0.315 e. The Morgan fingerprint density at radius 3 is 2.30 bits per heavy atom. The van der Waals surface area contributed by atoms with Crippen molar-refractivity contribution in [3.8, 4) is 5.69 Å². The number of nitrogens with zero attached hydrogens (tertiary/aromatic N) is 3. The average Bonchev–Trinajstić information content (AvgIpc) is 3.22. The Morgan fingerprint density at radius 1 is 0.973 bits per heavy atom. The van der Waals surface area contributed by atoms with Gasteiger partial charge in [-0.3, -0.25) is 4.79 Å². The maximum atomic E-state index is 13.3. The zero-order valence-electron chi connectivity index (χ0n) is 23.5. The molecule has 0 bridgehead atoms. The van der Waals surface area contributed by atoms with Crippen molar-refractivity contribution in [2.24, 2.45) is 5.92 Å². The fraction of sp³-hybridized carbons (Fsp3) is 0.433. The second-order valence-corrected chi connectivity index (χ2v) is 11.3. The Labute approximate surface area is 221 Å². The molecular formula is C30H41N5O2. The lowest BCUT2D eigenvalue weighted by Gasteiger charge is -2.24. The number of rotatable bonds is 8. The van der Waals surface area contributed by atoms with Crippen LogP contribution in [0.5, 0.6) is 0 Å².